The summed E-state index contributed by atoms with van der Waals surface area (Å²) in [6.07, 6.45) is 3.60. The van der Waals surface area contributed by atoms with E-state index in [0.717, 1.165) is 12.8 Å². The van der Waals surface area contributed by atoms with Crippen LogP contribution in [0.15, 0.2) is 0 Å². The van der Waals surface area contributed by atoms with E-state index in [4.69, 9.17) is 0 Å². The normalized spacial score (nSPS) is 11.1. The molecule has 1 amide bonds. The topological polar surface area (TPSA) is 46.2 Å². The SMILES string of the molecule is CC.CCCC(=O)CC(C)CNC(=O)CCC. The van der Waals surface area contributed by atoms with Gasteiger partial charge in [0.15, 0.2) is 0 Å². The first-order chi connectivity index (χ1) is 8.10. The zero-order chi connectivity index (χ0) is 13.7. The van der Waals surface area contributed by atoms with Crippen molar-refractivity contribution in [3.63, 3.8) is 0 Å². The van der Waals surface area contributed by atoms with Gasteiger partial charge in [-0.15, -0.1) is 0 Å². The molecule has 0 radical (unpaired) electrons. The van der Waals surface area contributed by atoms with Crippen LogP contribution in [0.3, 0.4) is 0 Å². The number of amides is 1. The summed E-state index contributed by atoms with van der Waals surface area (Å²) in [5, 5.41) is 2.84. The van der Waals surface area contributed by atoms with Gasteiger partial charge in [-0.3, -0.25) is 9.59 Å². The van der Waals surface area contributed by atoms with Crippen LogP contribution in [0.25, 0.3) is 0 Å². The van der Waals surface area contributed by atoms with Crippen molar-refractivity contribution >= 4 is 11.7 Å². The summed E-state index contributed by atoms with van der Waals surface area (Å²) < 4.78 is 0. The largest absolute Gasteiger partial charge is 0.356 e. The van der Waals surface area contributed by atoms with E-state index in [1.54, 1.807) is 0 Å². The van der Waals surface area contributed by atoms with Crippen LogP contribution in [0.1, 0.15) is 66.7 Å². The second-order valence-corrected chi connectivity index (χ2v) is 4.15. The van der Waals surface area contributed by atoms with Crippen molar-refractivity contribution in [1.29, 1.82) is 0 Å². The van der Waals surface area contributed by atoms with E-state index in [2.05, 4.69) is 5.32 Å². The predicted octanol–water partition coefficient (Wildman–Crippen LogP) is 3.32. The summed E-state index contributed by atoms with van der Waals surface area (Å²) in [5.41, 5.74) is 0. The molecule has 0 heterocycles. The molecule has 1 N–H and O–H groups in total. The average Bonchev–Trinajstić information content (AvgIpc) is 2.30. The summed E-state index contributed by atoms with van der Waals surface area (Å²) in [4.78, 5) is 22.5. The van der Waals surface area contributed by atoms with Crippen LogP contribution < -0.4 is 5.32 Å². The number of carbonyl (C=O) groups is 2. The Labute approximate surface area is 106 Å². The molecule has 1 unspecified atom stereocenters. The van der Waals surface area contributed by atoms with Gasteiger partial charge >= 0.3 is 0 Å². The van der Waals surface area contributed by atoms with E-state index in [9.17, 15) is 9.59 Å². The molecule has 17 heavy (non-hydrogen) atoms. The third-order valence-electron chi connectivity index (χ3n) is 2.23. The summed E-state index contributed by atoms with van der Waals surface area (Å²) >= 11 is 0. The number of carbonyl (C=O) groups excluding carboxylic acids is 2. The smallest absolute Gasteiger partial charge is 0.219 e. The Morgan fingerprint density at radius 3 is 2.06 bits per heavy atom. The van der Waals surface area contributed by atoms with E-state index in [-0.39, 0.29) is 11.8 Å². The minimum absolute atomic E-state index is 0.0901. The van der Waals surface area contributed by atoms with E-state index in [1.165, 1.54) is 0 Å². The van der Waals surface area contributed by atoms with E-state index in [0.29, 0.717) is 31.6 Å². The molecule has 102 valence electrons. The Bertz CT molecular complexity index is 202. The van der Waals surface area contributed by atoms with E-state index < -0.39 is 0 Å². The van der Waals surface area contributed by atoms with Crippen molar-refractivity contribution in [2.24, 2.45) is 5.92 Å². The Morgan fingerprint density at radius 1 is 1.06 bits per heavy atom. The first-order valence-corrected chi connectivity index (χ1v) is 6.88. The minimum atomic E-state index is 0.0901. The van der Waals surface area contributed by atoms with Gasteiger partial charge in [-0.25, -0.2) is 0 Å². The monoisotopic (exact) mass is 243 g/mol. The number of ketones is 1. The minimum Gasteiger partial charge on any atom is -0.356 e. The van der Waals surface area contributed by atoms with Crippen LogP contribution in [-0.2, 0) is 9.59 Å². The number of rotatable bonds is 8. The second-order valence-electron chi connectivity index (χ2n) is 4.15. The van der Waals surface area contributed by atoms with Crippen LogP contribution >= 0.6 is 0 Å². The summed E-state index contributed by atoms with van der Waals surface area (Å²) in [5.74, 6) is 0.645. The van der Waals surface area contributed by atoms with Crippen LogP contribution in [0.2, 0.25) is 0 Å². The fraction of sp³-hybridized carbons (Fsp3) is 0.857. The van der Waals surface area contributed by atoms with Crippen molar-refractivity contribution in [3.05, 3.63) is 0 Å². The highest BCUT2D eigenvalue weighted by Crippen LogP contribution is 2.04. The third-order valence-corrected chi connectivity index (χ3v) is 2.23. The second kappa shape index (κ2) is 13.2. The van der Waals surface area contributed by atoms with Gasteiger partial charge in [0.2, 0.25) is 5.91 Å². The van der Waals surface area contributed by atoms with Gasteiger partial charge in [0, 0.05) is 25.8 Å². The average molecular weight is 243 g/mol. The van der Waals surface area contributed by atoms with Crippen LogP contribution in [0.4, 0.5) is 0 Å². The fourth-order valence-electron chi connectivity index (χ4n) is 1.45. The molecule has 0 spiro atoms. The van der Waals surface area contributed by atoms with E-state index >= 15 is 0 Å². The first kappa shape index (κ1) is 18.5. The van der Waals surface area contributed by atoms with Gasteiger partial charge in [0.25, 0.3) is 0 Å². The van der Waals surface area contributed by atoms with Crippen molar-refractivity contribution in [3.8, 4) is 0 Å². The van der Waals surface area contributed by atoms with Gasteiger partial charge < -0.3 is 5.32 Å². The summed E-state index contributed by atoms with van der Waals surface area (Å²) in [7, 11) is 0. The maximum Gasteiger partial charge on any atom is 0.219 e. The lowest BCUT2D eigenvalue weighted by atomic mass is 10.0. The van der Waals surface area contributed by atoms with Gasteiger partial charge in [-0.1, -0.05) is 34.6 Å². The highest BCUT2D eigenvalue weighted by atomic mass is 16.1. The Morgan fingerprint density at radius 2 is 1.59 bits per heavy atom. The molecule has 0 aliphatic rings. The maximum atomic E-state index is 11.3. The van der Waals surface area contributed by atoms with Crippen LogP contribution in [0, 0.1) is 5.92 Å². The predicted molar refractivity (Wildman–Crippen MR) is 73.0 cm³/mol. The van der Waals surface area contributed by atoms with Crippen molar-refractivity contribution < 1.29 is 9.59 Å². The molecule has 3 nitrogen and oxygen atoms in total. The van der Waals surface area contributed by atoms with Crippen LogP contribution in [0.5, 0.6) is 0 Å². The molecule has 0 saturated carbocycles. The highest BCUT2D eigenvalue weighted by Gasteiger charge is 2.09. The van der Waals surface area contributed by atoms with Gasteiger partial charge in [-0.05, 0) is 18.8 Å². The van der Waals surface area contributed by atoms with Crippen molar-refractivity contribution in [2.45, 2.75) is 66.7 Å². The maximum absolute atomic E-state index is 11.3. The Hall–Kier alpha value is -0.860. The lowest BCUT2D eigenvalue weighted by Crippen LogP contribution is -2.28. The molecule has 0 aliphatic carbocycles. The number of hydrogen-bond donors (Lipinski definition) is 1. The molecular formula is C14H29NO2. The van der Waals surface area contributed by atoms with Crippen molar-refractivity contribution in [1.82, 2.24) is 5.32 Å². The molecule has 0 fully saturated rings. The fourth-order valence-corrected chi connectivity index (χ4v) is 1.45. The number of hydrogen-bond acceptors (Lipinski definition) is 2. The van der Waals surface area contributed by atoms with Gasteiger partial charge in [0.05, 0.1) is 0 Å². The van der Waals surface area contributed by atoms with Crippen molar-refractivity contribution in [2.75, 3.05) is 6.54 Å². The third kappa shape index (κ3) is 13.1. The zero-order valence-corrected chi connectivity index (χ0v) is 12.1. The molecule has 0 aromatic heterocycles. The Kier molecular flexibility index (Phi) is 14.4. The molecule has 3 heteroatoms. The molecule has 0 saturated heterocycles. The van der Waals surface area contributed by atoms with Crippen LogP contribution in [-0.4, -0.2) is 18.2 Å². The molecular weight excluding hydrogens is 214 g/mol. The first-order valence-electron chi connectivity index (χ1n) is 6.88. The van der Waals surface area contributed by atoms with Gasteiger partial charge in [0.1, 0.15) is 5.78 Å². The lowest BCUT2D eigenvalue weighted by molar-refractivity contribution is -0.122. The summed E-state index contributed by atoms with van der Waals surface area (Å²) in [6, 6.07) is 0. The number of Topliss-reactive ketones (excluding diaryl/α,β-unsaturated/α-hetero) is 1. The lowest BCUT2D eigenvalue weighted by Gasteiger charge is -2.11. The highest BCUT2D eigenvalue weighted by molar-refractivity contribution is 5.79. The molecule has 1 atom stereocenters. The zero-order valence-electron chi connectivity index (χ0n) is 12.1. The Balaban J connectivity index is 0. The quantitative estimate of drug-likeness (QED) is 0.711. The molecule has 0 aromatic rings. The standard InChI is InChI=1S/C12H23NO2.C2H6/c1-4-6-11(14)8-10(3)9-13-12(15)7-5-2;1-2/h10H,4-9H2,1-3H3,(H,13,15);1-2H3. The molecule has 0 aliphatic heterocycles. The summed E-state index contributed by atoms with van der Waals surface area (Å²) in [6.45, 7) is 10.6. The van der Waals surface area contributed by atoms with Gasteiger partial charge in [-0.2, -0.15) is 0 Å². The molecule has 0 bridgehead atoms. The molecule has 0 aromatic carbocycles. The molecule has 0 rings (SSSR count). The van der Waals surface area contributed by atoms with E-state index in [1.807, 2.05) is 34.6 Å². The number of nitrogens with one attached hydrogen (secondary N) is 1.